The molecule has 2 aliphatic rings. The highest BCUT2D eigenvalue weighted by Crippen LogP contribution is 2.30. The van der Waals surface area contributed by atoms with Crippen LogP contribution in [0.1, 0.15) is 42.5 Å². The van der Waals surface area contributed by atoms with Gasteiger partial charge in [-0.3, -0.25) is 9.36 Å². The Labute approximate surface area is 194 Å². The summed E-state index contributed by atoms with van der Waals surface area (Å²) in [4.78, 5) is 34.3. The Kier molecular flexibility index (Phi) is 6.30. The molecule has 3 heterocycles. The highest BCUT2D eigenvalue weighted by molar-refractivity contribution is 8.00. The zero-order valence-electron chi connectivity index (χ0n) is 18.1. The van der Waals surface area contributed by atoms with E-state index < -0.39 is 0 Å². The number of thioether (sulfide) groups is 1. The lowest BCUT2D eigenvalue weighted by Gasteiger charge is -2.24. The number of hydrogen-bond donors (Lipinski definition) is 1. The van der Waals surface area contributed by atoms with Crippen molar-refractivity contribution in [3.8, 4) is 0 Å². The fourth-order valence-electron chi connectivity index (χ4n) is 4.42. The van der Waals surface area contributed by atoms with Crippen LogP contribution in [-0.2, 0) is 28.9 Å². The third-order valence-corrected chi connectivity index (χ3v) is 7.94. The third kappa shape index (κ3) is 4.60. The van der Waals surface area contributed by atoms with Gasteiger partial charge in [0, 0.05) is 17.9 Å². The molecule has 0 radical (unpaired) electrons. The molecule has 1 aliphatic heterocycles. The smallest absolute Gasteiger partial charge is 0.348 e. The lowest BCUT2D eigenvalue weighted by Crippen LogP contribution is -2.34. The first-order valence-electron chi connectivity index (χ1n) is 11.1. The largest absolute Gasteiger partial charge is 0.376 e. The van der Waals surface area contributed by atoms with Gasteiger partial charge in [-0.2, -0.15) is 4.98 Å². The van der Waals surface area contributed by atoms with Crippen molar-refractivity contribution in [2.45, 2.75) is 63.1 Å². The van der Waals surface area contributed by atoms with Gasteiger partial charge in [0.25, 0.3) is 0 Å². The van der Waals surface area contributed by atoms with Crippen LogP contribution in [-0.4, -0.2) is 38.9 Å². The molecule has 1 aliphatic carbocycles. The SMILES string of the molecule is Cc1ccc2nc(NC(=O)CSc3nc(=O)n(CC4CCCO4)c4c3CCCC4)sc2c1. The number of nitrogens with zero attached hydrogens (tertiary/aromatic N) is 3. The van der Waals surface area contributed by atoms with Gasteiger partial charge in [0.2, 0.25) is 5.91 Å². The van der Waals surface area contributed by atoms with E-state index in [-0.39, 0.29) is 23.5 Å². The second-order valence-corrected chi connectivity index (χ2v) is 10.4. The number of carbonyl (C=O) groups excluding carboxylic acids is 1. The fourth-order valence-corrected chi connectivity index (χ4v) is 6.28. The number of carbonyl (C=O) groups is 1. The van der Waals surface area contributed by atoms with E-state index in [9.17, 15) is 9.59 Å². The third-order valence-electron chi connectivity index (χ3n) is 5.99. The molecule has 7 nitrogen and oxygen atoms in total. The van der Waals surface area contributed by atoms with E-state index in [1.165, 1.54) is 28.7 Å². The lowest BCUT2D eigenvalue weighted by molar-refractivity contribution is -0.113. The van der Waals surface area contributed by atoms with Crippen LogP contribution in [0, 0.1) is 6.92 Å². The van der Waals surface area contributed by atoms with Crippen LogP contribution >= 0.6 is 23.1 Å². The second kappa shape index (κ2) is 9.33. The van der Waals surface area contributed by atoms with E-state index in [1.807, 2.05) is 23.6 Å². The molecule has 1 aromatic carbocycles. The second-order valence-electron chi connectivity index (χ2n) is 8.40. The summed E-state index contributed by atoms with van der Waals surface area (Å²) in [6.07, 6.45) is 6.07. The number of benzene rings is 1. The molecule has 3 aromatic rings. The van der Waals surface area contributed by atoms with Crippen LogP contribution in [0.2, 0.25) is 0 Å². The normalized spacial score (nSPS) is 18.1. The molecule has 168 valence electrons. The summed E-state index contributed by atoms with van der Waals surface area (Å²) >= 11 is 2.82. The molecule has 2 aromatic heterocycles. The van der Waals surface area contributed by atoms with Gasteiger partial charge in [0.15, 0.2) is 5.13 Å². The monoisotopic (exact) mass is 470 g/mol. The summed E-state index contributed by atoms with van der Waals surface area (Å²) in [5.41, 5.74) is 4.03. The van der Waals surface area contributed by atoms with E-state index >= 15 is 0 Å². The van der Waals surface area contributed by atoms with Gasteiger partial charge in [0.05, 0.1) is 28.6 Å². The van der Waals surface area contributed by atoms with Gasteiger partial charge >= 0.3 is 5.69 Å². The molecule has 0 spiro atoms. The van der Waals surface area contributed by atoms with E-state index in [0.717, 1.165) is 66.6 Å². The molecule has 32 heavy (non-hydrogen) atoms. The van der Waals surface area contributed by atoms with Gasteiger partial charge in [0.1, 0.15) is 5.03 Å². The Hall–Kier alpha value is -2.23. The minimum atomic E-state index is -0.231. The molecular weight excluding hydrogens is 444 g/mol. The number of amides is 1. The summed E-state index contributed by atoms with van der Waals surface area (Å²) in [6, 6.07) is 6.05. The minimum Gasteiger partial charge on any atom is -0.376 e. The van der Waals surface area contributed by atoms with Gasteiger partial charge in [-0.15, -0.1) is 0 Å². The molecular formula is C23H26N4O3S2. The average Bonchev–Trinajstić information content (AvgIpc) is 3.43. The van der Waals surface area contributed by atoms with E-state index in [2.05, 4.69) is 21.4 Å². The maximum atomic E-state index is 12.8. The number of hydrogen-bond acceptors (Lipinski definition) is 7. The summed E-state index contributed by atoms with van der Waals surface area (Å²) in [6.45, 7) is 3.39. The van der Waals surface area contributed by atoms with Crippen molar-refractivity contribution in [2.75, 3.05) is 17.7 Å². The maximum Gasteiger partial charge on any atom is 0.348 e. The predicted molar refractivity (Wildman–Crippen MR) is 128 cm³/mol. The topological polar surface area (TPSA) is 86.1 Å². The van der Waals surface area contributed by atoms with Crippen molar-refractivity contribution in [3.05, 3.63) is 45.5 Å². The average molecular weight is 471 g/mol. The van der Waals surface area contributed by atoms with Crippen LogP contribution in [0.5, 0.6) is 0 Å². The Morgan fingerprint density at radius 1 is 1.28 bits per heavy atom. The Bertz CT molecular complexity index is 1210. The number of aryl methyl sites for hydroxylation is 1. The Morgan fingerprint density at radius 2 is 2.16 bits per heavy atom. The molecule has 5 rings (SSSR count). The van der Waals surface area contributed by atoms with Crippen molar-refractivity contribution in [3.63, 3.8) is 0 Å². The fraction of sp³-hybridized carbons (Fsp3) is 0.478. The number of thiazole rings is 1. The summed E-state index contributed by atoms with van der Waals surface area (Å²) in [5, 5.41) is 4.19. The van der Waals surface area contributed by atoms with Gasteiger partial charge in [-0.25, -0.2) is 9.78 Å². The molecule has 1 amide bonds. The lowest BCUT2D eigenvalue weighted by atomic mass is 9.97. The summed E-state index contributed by atoms with van der Waals surface area (Å²) < 4.78 is 8.62. The summed E-state index contributed by atoms with van der Waals surface area (Å²) in [7, 11) is 0. The molecule has 1 N–H and O–H groups in total. The minimum absolute atomic E-state index is 0.0994. The number of nitrogens with one attached hydrogen (secondary N) is 1. The van der Waals surface area contributed by atoms with Crippen molar-refractivity contribution < 1.29 is 9.53 Å². The number of aromatic nitrogens is 3. The highest BCUT2D eigenvalue weighted by atomic mass is 32.2. The first-order valence-corrected chi connectivity index (χ1v) is 12.9. The van der Waals surface area contributed by atoms with Gasteiger partial charge in [-0.1, -0.05) is 29.2 Å². The Balaban J connectivity index is 1.30. The molecule has 0 saturated carbocycles. The first-order chi connectivity index (χ1) is 15.6. The van der Waals surface area contributed by atoms with Crippen molar-refractivity contribution in [2.24, 2.45) is 0 Å². The Morgan fingerprint density at radius 3 is 3.00 bits per heavy atom. The number of anilines is 1. The predicted octanol–water partition coefficient (Wildman–Crippen LogP) is 3.95. The quantitative estimate of drug-likeness (QED) is 0.434. The number of ether oxygens (including phenoxy) is 1. The van der Waals surface area contributed by atoms with E-state index in [1.54, 1.807) is 0 Å². The maximum absolute atomic E-state index is 12.8. The molecule has 9 heteroatoms. The zero-order valence-corrected chi connectivity index (χ0v) is 19.7. The van der Waals surface area contributed by atoms with Crippen LogP contribution in [0.3, 0.4) is 0 Å². The molecule has 1 atom stereocenters. The first kappa shape index (κ1) is 21.6. The van der Waals surface area contributed by atoms with Crippen LogP contribution in [0.4, 0.5) is 5.13 Å². The van der Waals surface area contributed by atoms with Crippen LogP contribution in [0.15, 0.2) is 28.0 Å². The zero-order chi connectivity index (χ0) is 22.1. The molecule has 0 bridgehead atoms. The van der Waals surface area contributed by atoms with Crippen molar-refractivity contribution in [1.82, 2.24) is 14.5 Å². The van der Waals surface area contributed by atoms with E-state index in [4.69, 9.17) is 4.74 Å². The molecule has 1 unspecified atom stereocenters. The van der Waals surface area contributed by atoms with E-state index in [0.29, 0.717) is 16.7 Å². The highest BCUT2D eigenvalue weighted by Gasteiger charge is 2.24. The standard InChI is InChI=1S/C23H26N4O3S2/c1-14-8-9-17-19(11-14)32-22(24-17)25-20(28)13-31-21-16-6-2-3-7-18(16)27(23(29)26-21)12-15-5-4-10-30-15/h8-9,11,15H,2-7,10,12-13H2,1H3,(H,24,25,28). The van der Waals surface area contributed by atoms with Crippen molar-refractivity contribution in [1.29, 1.82) is 0 Å². The molecule has 1 saturated heterocycles. The number of fused-ring (bicyclic) bond motifs is 2. The van der Waals surface area contributed by atoms with Gasteiger partial charge in [-0.05, 0) is 63.1 Å². The van der Waals surface area contributed by atoms with Crippen molar-refractivity contribution >= 4 is 44.4 Å². The summed E-state index contributed by atoms with van der Waals surface area (Å²) in [5.74, 6) is 0.0597. The molecule has 1 fully saturated rings. The van der Waals surface area contributed by atoms with Crippen LogP contribution in [0.25, 0.3) is 10.2 Å². The number of rotatable bonds is 6. The van der Waals surface area contributed by atoms with Gasteiger partial charge < -0.3 is 10.1 Å². The van der Waals surface area contributed by atoms with Crippen LogP contribution < -0.4 is 11.0 Å².